The molecule has 0 bridgehead atoms. The molecule has 0 atom stereocenters. The summed E-state index contributed by atoms with van der Waals surface area (Å²) in [6.07, 6.45) is 5.52. The van der Waals surface area contributed by atoms with E-state index < -0.39 is 11.4 Å². The van der Waals surface area contributed by atoms with Crippen molar-refractivity contribution in [3.63, 3.8) is 0 Å². The summed E-state index contributed by atoms with van der Waals surface area (Å²) in [6.45, 7) is 0.156. The lowest BCUT2D eigenvalue weighted by Crippen LogP contribution is -2.44. The molecule has 6 nitrogen and oxygen atoms in total. The third-order valence-electron chi connectivity index (χ3n) is 4.87. The zero-order chi connectivity index (χ0) is 18.6. The van der Waals surface area contributed by atoms with Gasteiger partial charge in [0, 0.05) is 17.1 Å². The van der Waals surface area contributed by atoms with Crippen LogP contribution in [0.25, 0.3) is 11.5 Å². The molecule has 26 heavy (non-hydrogen) atoms. The van der Waals surface area contributed by atoms with Crippen molar-refractivity contribution >= 4 is 23.5 Å². The molecule has 2 N–H and O–H groups in total. The Morgan fingerprint density at radius 1 is 1.19 bits per heavy atom. The van der Waals surface area contributed by atoms with Gasteiger partial charge in [0.15, 0.2) is 0 Å². The van der Waals surface area contributed by atoms with E-state index in [1.54, 1.807) is 24.3 Å². The molecule has 1 heterocycles. The highest BCUT2D eigenvalue weighted by molar-refractivity contribution is 6.30. The van der Waals surface area contributed by atoms with Crippen LogP contribution in [-0.2, 0) is 16.0 Å². The maximum atomic E-state index is 12.2. The average Bonchev–Trinajstić information content (AvgIpc) is 3.09. The molecule has 1 fully saturated rings. The highest BCUT2D eigenvalue weighted by Gasteiger charge is 2.39. The van der Waals surface area contributed by atoms with E-state index in [1.807, 2.05) is 0 Å². The summed E-state index contributed by atoms with van der Waals surface area (Å²) in [5, 5.41) is 12.9. The smallest absolute Gasteiger partial charge is 0.311 e. The highest BCUT2D eigenvalue weighted by Crippen LogP contribution is 2.36. The van der Waals surface area contributed by atoms with Gasteiger partial charge in [0.1, 0.15) is 6.26 Å². The molecule has 3 rings (SSSR count). The van der Waals surface area contributed by atoms with Crippen molar-refractivity contribution < 1.29 is 19.1 Å². The molecule has 138 valence electrons. The number of amides is 1. The zero-order valence-electron chi connectivity index (χ0n) is 14.3. The Balaban J connectivity index is 1.58. The third-order valence-corrected chi connectivity index (χ3v) is 5.12. The molecule has 2 aromatic rings. The van der Waals surface area contributed by atoms with Crippen LogP contribution in [0.1, 0.15) is 37.8 Å². The summed E-state index contributed by atoms with van der Waals surface area (Å²) in [5.74, 6) is -0.671. The Labute approximate surface area is 156 Å². The van der Waals surface area contributed by atoms with E-state index in [-0.39, 0.29) is 18.9 Å². The standard InChI is InChI=1S/C19H21ClN2O4/c20-14-6-4-13(5-7-14)17-22-15(11-26-17)10-16(23)21-12-19(18(24)25)8-2-1-3-9-19/h4-7,11H,1-3,8-10,12H2,(H,21,23)(H,24,25). The second-order valence-corrected chi connectivity index (χ2v) is 7.19. The van der Waals surface area contributed by atoms with Crippen molar-refractivity contribution in [1.29, 1.82) is 0 Å². The SMILES string of the molecule is O=C(Cc1coc(-c2ccc(Cl)cc2)n1)NCC1(C(=O)O)CCCCC1. The fraction of sp³-hybridized carbons (Fsp3) is 0.421. The number of rotatable bonds is 6. The summed E-state index contributed by atoms with van der Waals surface area (Å²) >= 11 is 5.86. The van der Waals surface area contributed by atoms with Gasteiger partial charge in [-0.15, -0.1) is 0 Å². The fourth-order valence-corrected chi connectivity index (χ4v) is 3.43. The summed E-state index contributed by atoms with van der Waals surface area (Å²) in [7, 11) is 0. The summed E-state index contributed by atoms with van der Waals surface area (Å²) in [5.41, 5.74) is 0.431. The van der Waals surface area contributed by atoms with E-state index in [4.69, 9.17) is 16.0 Å². The molecular weight excluding hydrogens is 356 g/mol. The van der Waals surface area contributed by atoms with Crippen LogP contribution in [0.5, 0.6) is 0 Å². The number of nitrogens with one attached hydrogen (secondary N) is 1. The molecular formula is C19H21ClN2O4. The molecule has 1 amide bonds. The fourth-order valence-electron chi connectivity index (χ4n) is 3.30. The number of oxazole rings is 1. The minimum Gasteiger partial charge on any atom is -0.481 e. The van der Waals surface area contributed by atoms with E-state index in [9.17, 15) is 14.7 Å². The van der Waals surface area contributed by atoms with Crippen LogP contribution in [0.2, 0.25) is 5.02 Å². The molecule has 1 aliphatic rings. The van der Waals surface area contributed by atoms with Gasteiger partial charge < -0.3 is 14.8 Å². The zero-order valence-corrected chi connectivity index (χ0v) is 15.1. The monoisotopic (exact) mass is 376 g/mol. The number of carboxylic acid groups (broad SMARTS) is 1. The van der Waals surface area contributed by atoms with Crippen LogP contribution in [0.4, 0.5) is 0 Å². The van der Waals surface area contributed by atoms with E-state index in [0.717, 1.165) is 24.8 Å². The van der Waals surface area contributed by atoms with Crippen LogP contribution in [0.3, 0.4) is 0 Å². The number of nitrogens with zero attached hydrogens (tertiary/aromatic N) is 1. The topological polar surface area (TPSA) is 92.4 Å². The molecule has 0 aliphatic heterocycles. The van der Waals surface area contributed by atoms with Crippen molar-refractivity contribution in [3.05, 3.63) is 41.2 Å². The maximum Gasteiger partial charge on any atom is 0.311 e. The highest BCUT2D eigenvalue weighted by atomic mass is 35.5. The second kappa shape index (κ2) is 7.91. The molecule has 1 saturated carbocycles. The Bertz CT molecular complexity index is 779. The Kier molecular flexibility index (Phi) is 5.61. The number of carbonyl (C=O) groups is 2. The van der Waals surface area contributed by atoms with Crippen molar-refractivity contribution in [3.8, 4) is 11.5 Å². The number of carboxylic acids is 1. The Hall–Kier alpha value is -2.34. The first-order valence-corrected chi connectivity index (χ1v) is 9.07. The minimum absolute atomic E-state index is 0.0484. The number of benzene rings is 1. The molecule has 0 radical (unpaired) electrons. The van der Waals surface area contributed by atoms with Crippen molar-refractivity contribution in [2.45, 2.75) is 38.5 Å². The normalized spacial score (nSPS) is 16.2. The Morgan fingerprint density at radius 3 is 2.54 bits per heavy atom. The maximum absolute atomic E-state index is 12.2. The molecule has 1 aliphatic carbocycles. The number of hydrogen-bond acceptors (Lipinski definition) is 4. The quantitative estimate of drug-likeness (QED) is 0.802. The van der Waals surface area contributed by atoms with E-state index in [2.05, 4.69) is 10.3 Å². The van der Waals surface area contributed by atoms with E-state index >= 15 is 0 Å². The minimum atomic E-state index is -0.841. The van der Waals surface area contributed by atoms with Crippen LogP contribution in [0.15, 0.2) is 34.9 Å². The number of hydrogen-bond donors (Lipinski definition) is 2. The van der Waals surface area contributed by atoms with Crippen LogP contribution >= 0.6 is 11.6 Å². The second-order valence-electron chi connectivity index (χ2n) is 6.75. The molecule has 7 heteroatoms. The predicted octanol–water partition coefficient (Wildman–Crippen LogP) is 3.69. The van der Waals surface area contributed by atoms with Gasteiger partial charge in [-0.25, -0.2) is 4.98 Å². The lowest BCUT2D eigenvalue weighted by atomic mass is 9.74. The van der Waals surface area contributed by atoms with Crippen molar-refractivity contribution in [2.24, 2.45) is 5.41 Å². The molecule has 0 unspecified atom stereocenters. The number of aromatic nitrogens is 1. The number of aliphatic carboxylic acids is 1. The van der Waals surface area contributed by atoms with Gasteiger partial charge in [-0.3, -0.25) is 9.59 Å². The summed E-state index contributed by atoms with van der Waals surface area (Å²) < 4.78 is 5.42. The van der Waals surface area contributed by atoms with E-state index in [0.29, 0.717) is 29.4 Å². The first-order valence-electron chi connectivity index (χ1n) is 8.69. The number of halogens is 1. The number of carbonyl (C=O) groups excluding carboxylic acids is 1. The first-order chi connectivity index (χ1) is 12.5. The van der Waals surface area contributed by atoms with Crippen molar-refractivity contribution in [1.82, 2.24) is 10.3 Å². The predicted molar refractivity (Wildman–Crippen MR) is 96.8 cm³/mol. The molecule has 0 spiro atoms. The van der Waals surface area contributed by atoms with Crippen molar-refractivity contribution in [2.75, 3.05) is 6.54 Å². The van der Waals surface area contributed by atoms with Gasteiger partial charge in [0.25, 0.3) is 0 Å². The summed E-state index contributed by atoms with van der Waals surface area (Å²) in [6, 6.07) is 7.06. The molecule has 0 saturated heterocycles. The first kappa shape index (κ1) is 18.5. The van der Waals surface area contributed by atoms with Gasteiger partial charge in [0.05, 0.1) is 17.5 Å². The average molecular weight is 377 g/mol. The van der Waals surface area contributed by atoms with Gasteiger partial charge in [-0.05, 0) is 37.1 Å². The summed E-state index contributed by atoms with van der Waals surface area (Å²) in [4.78, 5) is 28.2. The lowest BCUT2D eigenvalue weighted by Gasteiger charge is -2.33. The third kappa shape index (κ3) is 4.25. The lowest BCUT2D eigenvalue weighted by molar-refractivity contribution is -0.151. The van der Waals surface area contributed by atoms with Gasteiger partial charge >= 0.3 is 5.97 Å². The van der Waals surface area contributed by atoms with Crippen LogP contribution in [0, 0.1) is 5.41 Å². The van der Waals surface area contributed by atoms with Gasteiger partial charge in [-0.2, -0.15) is 0 Å². The largest absolute Gasteiger partial charge is 0.481 e. The van der Waals surface area contributed by atoms with E-state index in [1.165, 1.54) is 6.26 Å². The Morgan fingerprint density at radius 2 is 1.88 bits per heavy atom. The molecule has 1 aromatic heterocycles. The van der Waals surface area contributed by atoms with Crippen LogP contribution in [-0.4, -0.2) is 28.5 Å². The van der Waals surface area contributed by atoms with Gasteiger partial charge in [-0.1, -0.05) is 30.9 Å². The van der Waals surface area contributed by atoms with Crippen LogP contribution < -0.4 is 5.32 Å². The molecule has 1 aromatic carbocycles. The van der Waals surface area contributed by atoms with Gasteiger partial charge in [0.2, 0.25) is 11.8 Å².